The summed E-state index contributed by atoms with van der Waals surface area (Å²) in [7, 11) is 6.43. The Labute approximate surface area is 111 Å². The Balaban J connectivity index is 0.000000385. The largest absolute Gasteiger partial charge is 0.355 e. The van der Waals surface area contributed by atoms with Gasteiger partial charge in [-0.25, -0.2) is 0 Å². The Morgan fingerprint density at radius 2 is 1.75 bits per heavy atom. The van der Waals surface area contributed by atoms with E-state index in [9.17, 15) is 4.79 Å². The first-order valence-corrected chi connectivity index (χ1v) is 7.79. The Morgan fingerprint density at radius 3 is 2.12 bits per heavy atom. The molecule has 0 saturated heterocycles. The molecule has 0 atom stereocenters. The first-order valence-electron chi connectivity index (χ1n) is 3.86. The van der Waals surface area contributed by atoms with Gasteiger partial charge in [0.15, 0.2) is 0 Å². The minimum absolute atomic E-state index is 0.0718. The highest BCUT2D eigenvalue weighted by atomic mass is 79.9. The van der Waals surface area contributed by atoms with Crippen LogP contribution in [0.25, 0.3) is 0 Å². The molecular weight excluding hydrogens is 341 g/mol. The van der Waals surface area contributed by atoms with E-state index < -0.39 is 8.26 Å². The van der Waals surface area contributed by atoms with Crippen LogP contribution in [0.1, 0.15) is 10.4 Å². The van der Waals surface area contributed by atoms with Gasteiger partial charge in [0.25, 0.3) is 5.91 Å². The summed E-state index contributed by atoms with van der Waals surface area (Å²) >= 11 is 3.28. The number of halogens is 3. The van der Waals surface area contributed by atoms with Gasteiger partial charge in [-0.15, -0.1) is 0 Å². The van der Waals surface area contributed by atoms with Crippen molar-refractivity contribution in [1.82, 2.24) is 5.32 Å². The van der Waals surface area contributed by atoms with Crippen molar-refractivity contribution in [3.05, 3.63) is 34.3 Å². The van der Waals surface area contributed by atoms with Crippen LogP contribution < -0.4 is 5.32 Å². The van der Waals surface area contributed by atoms with E-state index in [0.717, 1.165) is 4.47 Å². The highest BCUT2D eigenvalue weighted by Gasteiger charge is 2.04. The third kappa shape index (κ3) is 7.92. The van der Waals surface area contributed by atoms with E-state index in [0.29, 0.717) is 5.56 Å². The molecule has 1 rings (SSSR count). The van der Waals surface area contributed by atoms with Crippen LogP contribution in [0.3, 0.4) is 0 Å². The SMILES string of the molecule is CNC(=O)c1ccccc1Br.O=S(=O)(Cl)Cl. The fraction of sp³-hybridized carbons (Fsp3) is 0.125. The molecule has 0 spiro atoms. The number of hydrogen-bond acceptors (Lipinski definition) is 3. The maximum absolute atomic E-state index is 11.1. The number of carbonyl (C=O) groups is 1. The van der Waals surface area contributed by atoms with Gasteiger partial charge in [-0.2, -0.15) is 8.42 Å². The molecule has 0 fully saturated rings. The molecule has 16 heavy (non-hydrogen) atoms. The van der Waals surface area contributed by atoms with Crippen molar-refractivity contribution in [2.24, 2.45) is 0 Å². The summed E-state index contributed by atoms with van der Waals surface area (Å²) in [4.78, 5) is 11.1. The molecule has 1 aromatic rings. The predicted molar refractivity (Wildman–Crippen MR) is 68.2 cm³/mol. The molecule has 1 aromatic carbocycles. The summed E-state index contributed by atoms with van der Waals surface area (Å²) in [5, 5.41) is 2.55. The van der Waals surface area contributed by atoms with Crippen LogP contribution in [0.4, 0.5) is 0 Å². The van der Waals surface area contributed by atoms with Crippen LogP contribution >= 0.6 is 37.3 Å². The highest BCUT2D eigenvalue weighted by molar-refractivity contribution is 9.10. The fourth-order valence-corrected chi connectivity index (χ4v) is 1.24. The molecule has 1 amide bonds. The topological polar surface area (TPSA) is 63.2 Å². The summed E-state index contributed by atoms with van der Waals surface area (Å²) < 4.78 is 19.1. The zero-order valence-corrected chi connectivity index (χ0v) is 12.0. The summed E-state index contributed by atoms with van der Waals surface area (Å²) in [6, 6.07) is 7.30. The van der Waals surface area contributed by atoms with Crippen LogP contribution in [0.2, 0.25) is 0 Å². The van der Waals surface area contributed by atoms with Crippen molar-refractivity contribution >= 4 is 51.5 Å². The molecule has 0 radical (unpaired) electrons. The molecule has 0 unspecified atom stereocenters. The van der Waals surface area contributed by atoms with Gasteiger partial charge in [0.2, 0.25) is 0 Å². The molecule has 8 heteroatoms. The molecular formula is C8H8BrCl2NO3S. The molecule has 0 aliphatic carbocycles. The van der Waals surface area contributed by atoms with Crippen LogP contribution in [-0.2, 0) is 8.26 Å². The maximum atomic E-state index is 11.1. The molecule has 0 aromatic heterocycles. The average Bonchev–Trinajstić information content (AvgIpc) is 2.15. The molecule has 0 aliphatic rings. The van der Waals surface area contributed by atoms with Gasteiger partial charge in [0.05, 0.1) is 5.56 Å². The van der Waals surface area contributed by atoms with E-state index in [1.165, 1.54) is 0 Å². The van der Waals surface area contributed by atoms with Gasteiger partial charge in [-0.1, -0.05) is 12.1 Å². The van der Waals surface area contributed by atoms with Gasteiger partial charge in [0, 0.05) is 32.9 Å². The summed E-state index contributed by atoms with van der Waals surface area (Å²) in [6.45, 7) is 0. The van der Waals surface area contributed by atoms with E-state index >= 15 is 0 Å². The lowest BCUT2D eigenvalue weighted by Gasteiger charge is -2.00. The lowest BCUT2D eigenvalue weighted by atomic mass is 10.2. The van der Waals surface area contributed by atoms with Crippen molar-refractivity contribution < 1.29 is 13.2 Å². The van der Waals surface area contributed by atoms with E-state index in [-0.39, 0.29) is 5.91 Å². The third-order valence-corrected chi connectivity index (χ3v) is 2.04. The Kier molecular flexibility index (Phi) is 6.98. The zero-order valence-electron chi connectivity index (χ0n) is 8.08. The summed E-state index contributed by atoms with van der Waals surface area (Å²) in [5.41, 5.74) is 0.662. The number of carbonyl (C=O) groups excluding carboxylic acids is 1. The van der Waals surface area contributed by atoms with E-state index in [1.54, 1.807) is 13.1 Å². The lowest BCUT2D eigenvalue weighted by molar-refractivity contribution is 0.0962. The predicted octanol–water partition coefficient (Wildman–Crippen LogP) is 2.52. The average molecular weight is 349 g/mol. The zero-order chi connectivity index (χ0) is 12.8. The maximum Gasteiger partial charge on any atom is 0.317 e. The van der Waals surface area contributed by atoms with E-state index in [1.807, 2.05) is 18.2 Å². The van der Waals surface area contributed by atoms with Crippen LogP contribution in [0, 0.1) is 0 Å². The van der Waals surface area contributed by atoms with Gasteiger partial charge < -0.3 is 5.32 Å². The Hall–Kier alpha value is -0.300. The monoisotopic (exact) mass is 347 g/mol. The van der Waals surface area contributed by atoms with Gasteiger partial charge in [0.1, 0.15) is 0 Å². The summed E-state index contributed by atoms with van der Waals surface area (Å²) in [5.74, 6) is -0.0718. The Bertz CT molecular complexity index is 456. The first kappa shape index (κ1) is 15.7. The Morgan fingerprint density at radius 1 is 1.31 bits per heavy atom. The second kappa shape index (κ2) is 7.11. The lowest BCUT2D eigenvalue weighted by Crippen LogP contribution is -2.17. The number of rotatable bonds is 1. The minimum atomic E-state index is -3.72. The van der Waals surface area contributed by atoms with Crippen LogP contribution in [-0.4, -0.2) is 21.4 Å². The number of amides is 1. The number of nitrogens with one attached hydrogen (secondary N) is 1. The summed E-state index contributed by atoms with van der Waals surface area (Å²) in [6.07, 6.45) is 0. The number of benzene rings is 1. The second-order valence-electron chi connectivity index (χ2n) is 2.44. The molecule has 0 bridgehead atoms. The second-order valence-corrected chi connectivity index (χ2v) is 6.96. The van der Waals surface area contributed by atoms with Crippen molar-refractivity contribution in [2.45, 2.75) is 0 Å². The quantitative estimate of drug-likeness (QED) is 0.793. The van der Waals surface area contributed by atoms with Crippen molar-refractivity contribution in [3.63, 3.8) is 0 Å². The van der Waals surface area contributed by atoms with Crippen LogP contribution in [0.15, 0.2) is 28.7 Å². The molecule has 0 heterocycles. The highest BCUT2D eigenvalue weighted by Crippen LogP contribution is 2.14. The standard InChI is InChI=1S/C8H8BrNO.Cl2O2S/c1-10-8(11)6-4-2-3-5-7(6)9;1-5(2,3)4/h2-5H,1H3,(H,10,11);. The van der Waals surface area contributed by atoms with Crippen molar-refractivity contribution in [3.8, 4) is 0 Å². The molecule has 90 valence electrons. The van der Waals surface area contributed by atoms with Crippen molar-refractivity contribution in [2.75, 3.05) is 7.05 Å². The fourth-order valence-electron chi connectivity index (χ4n) is 0.780. The van der Waals surface area contributed by atoms with E-state index in [2.05, 4.69) is 42.6 Å². The van der Waals surface area contributed by atoms with Crippen molar-refractivity contribution in [1.29, 1.82) is 0 Å². The molecule has 4 nitrogen and oxygen atoms in total. The van der Waals surface area contributed by atoms with E-state index in [4.69, 9.17) is 8.42 Å². The smallest absolute Gasteiger partial charge is 0.317 e. The van der Waals surface area contributed by atoms with Gasteiger partial charge in [-0.3, -0.25) is 4.79 Å². The minimum Gasteiger partial charge on any atom is -0.355 e. The molecule has 0 aliphatic heterocycles. The third-order valence-electron chi connectivity index (χ3n) is 1.35. The van der Waals surface area contributed by atoms with Crippen LogP contribution in [0.5, 0.6) is 0 Å². The van der Waals surface area contributed by atoms with Gasteiger partial charge in [-0.05, 0) is 28.1 Å². The normalized spacial score (nSPS) is 10.0. The van der Waals surface area contributed by atoms with Gasteiger partial charge >= 0.3 is 8.26 Å². The molecule has 1 N–H and O–H groups in total. The first-order chi connectivity index (χ1) is 7.25. The number of hydrogen-bond donors (Lipinski definition) is 1. The molecule has 0 saturated carbocycles.